The molecule has 2 aliphatic heterocycles. The van der Waals surface area contributed by atoms with E-state index in [4.69, 9.17) is 14.6 Å². The molecular weight excluding hydrogens is 364 g/mol. The van der Waals surface area contributed by atoms with Crippen molar-refractivity contribution in [2.45, 2.75) is 50.5 Å². The third kappa shape index (κ3) is 4.54. The lowest BCUT2D eigenvalue weighted by atomic mass is 9.62. The zero-order chi connectivity index (χ0) is 20.2. The van der Waals surface area contributed by atoms with Crippen molar-refractivity contribution < 1.29 is 19.4 Å². The Morgan fingerprint density at radius 1 is 1.03 bits per heavy atom. The van der Waals surface area contributed by atoms with Gasteiger partial charge in [0.05, 0.1) is 12.2 Å². The van der Waals surface area contributed by atoms with E-state index >= 15 is 0 Å². The maximum atomic E-state index is 10.6. The predicted molar refractivity (Wildman–Crippen MR) is 112 cm³/mol. The number of aliphatic carboxylic acids is 1. The molecule has 0 unspecified atom stereocenters. The molecule has 2 aromatic carbocycles. The molecule has 2 saturated heterocycles. The van der Waals surface area contributed by atoms with E-state index in [-0.39, 0.29) is 11.0 Å². The fourth-order valence-electron chi connectivity index (χ4n) is 4.70. The summed E-state index contributed by atoms with van der Waals surface area (Å²) < 4.78 is 12.5. The first-order valence-electron chi connectivity index (χ1n) is 10.5. The monoisotopic (exact) mass is 392 g/mol. The molecule has 2 aromatic rings. The average Bonchev–Trinajstić information content (AvgIpc) is 2.75. The molecule has 0 aromatic heterocycles. The van der Waals surface area contributed by atoms with Gasteiger partial charge in [0.2, 0.25) is 0 Å². The van der Waals surface area contributed by atoms with Crippen molar-refractivity contribution in [3.8, 4) is 11.5 Å². The summed E-state index contributed by atoms with van der Waals surface area (Å²) in [4.78, 5) is 10.6. The minimum absolute atomic E-state index is 0.193. The van der Waals surface area contributed by atoms with Crippen LogP contribution in [0.25, 0.3) is 0 Å². The van der Waals surface area contributed by atoms with Crippen molar-refractivity contribution in [1.82, 2.24) is 0 Å². The van der Waals surface area contributed by atoms with Crippen molar-refractivity contribution in [2.75, 3.05) is 6.61 Å². The molecule has 5 rings (SSSR count). The molecule has 4 nitrogen and oxygen atoms in total. The van der Waals surface area contributed by atoms with Crippen molar-refractivity contribution in [3.05, 3.63) is 72.3 Å². The molecule has 0 radical (unpaired) electrons. The first-order chi connectivity index (χ1) is 14.1. The van der Waals surface area contributed by atoms with Crippen LogP contribution in [0.1, 0.15) is 50.5 Å². The van der Waals surface area contributed by atoms with E-state index in [9.17, 15) is 4.79 Å². The van der Waals surface area contributed by atoms with Crippen molar-refractivity contribution in [3.63, 3.8) is 0 Å². The maximum Gasteiger partial charge on any atom is 0.327 e. The van der Waals surface area contributed by atoms with Crippen LogP contribution in [-0.4, -0.2) is 17.7 Å². The number of carboxylic acids is 1. The summed E-state index contributed by atoms with van der Waals surface area (Å²) in [6.07, 6.45) is 10.3. The lowest BCUT2D eigenvalue weighted by Gasteiger charge is -2.53. The molecule has 0 spiro atoms. The second kappa shape index (κ2) is 8.42. The summed E-state index contributed by atoms with van der Waals surface area (Å²) in [6.45, 7) is 0.791. The van der Waals surface area contributed by atoms with Gasteiger partial charge in [-0.15, -0.1) is 0 Å². The summed E-state index contributed by atoms with van der Waals surface area (Å²) in [6, 6.07) is 18.2. The fraction of sp³-hybridized carbons (Fsp3) is 0.400. The van der Waals surface area contributed by atoms with E-state index in [2.05, 4.69) is 18.2 Å². The minimum atomic E-state index is -0.870. The minimum Gasteiger partial charge on any atom is -0.478 e. The van der Waals surface area contributed by atoms with Crippen LogP contribution in [0.4, 0.5) is 0 Å². The number of carbonyl (C=O) groups is 1. The molecule has 2 heterocycles. The van der Waals surface area contributed by atoms with Gasteiger partial charge in [-0.25, -0.2) is 4.79 Å². The van der Waals surface area contributed by atoms with E-state index in [0.29, 0.717) is 0 Å². The van der Waals surface area contributed by atoms with Crippen LogP contribution in [0.2, 0.25) is 0 Å². The summed E-state index contributed by atoms with van der Waals surface area (Å²) >= 11 is 0. The molecule has 1 saturated carbocycles. The van der Waals surface area contributed by atoms with Crippen LogP contribution in [-0.2, 0) is 15.1 Å². The molecule has 1 N–H and O–H groups in total. The molecule has 1 aliphatic carbocycles. The Balaban J connectivity index is 1.38. The van der Waals surface area contributed by atoms with Gasteiger partial charge in [0, 0.05) is 6.08 Å². The first kappa shape index (κ1) is 19.7. The summed E-state index contributed by atoms with van der Waals surface area (Å²) in [7, 11) is 0. The van der Waals surface area contributed by atoms with Gasteiger partial charge in [0.15, 0.2) is 0 Å². The van der Waals surface area contributed by atoms with Gasteiger partial charge in [0.1, 0.15) is 11.5 Å². The number of unbranched alkanes of at least 4 members (excludes halogenated alkanes) is 1. The summed E-state index contributed by atoms with van der Waals surface area (Å²) in [5.74, 6) is 0.815. The molecule has 29 heavy (non-hydrogen) atoms. The zero-order valence-electron chi connectivity index (χ0n) is 16.7. The second-order valence-electron chi connectivity index (χ2n) is 8.36. The molecule has 152 valence electrons. The lowest BCUT2D eigenvalue weighted by molar-refractivity contribution is -0.191. The van der Waals surface area contributed by atoms with E-state index in [0.717, 1.165) is 50.2 Å². The third-order valence-corrected chi connectivity index (χ3v) is 6.45. The van der Waals surface area contributed by atoms with Crippen molar-refractivity contribution in [2.24, 2.45) is 5.41 Å². The lowest BCUT2D eigenvalue weighted by Crippen LogP contribution is -2.49. The standard InChI is InChI=1S/C25H28O4/c26-23(27)12-5-2-6-13-24-14-16-25(17-15-24,28-19-24)20-8-7-11-22(18-20)29-21-9-3-1-4-10-21/h1,3-5,7-12,18H,2,6,13-17,19H2,(H,26,27). The number of ether oxygens (including phenoxy) is 2. The summed E-state index contributed by atoms with van der Waals surface area (Å²) in [5.41, 5.74) is 1.28. The Morgan fingerprint density at radius 3 is 2.48 bits per heavy atom. The van der Waals surface area contributed by atoms with Gasteiger partial charge in [-0.2, -0.15) is 0 Å². The quantitative estimate of drug-likeness (QED) is 0.437. The highest BCUT2D eigenvalue weighted by molar-refractivity contribution is 5.79. The van der Waals surface area contributed by atoms with Crippen LogP contribution < -0.4 is 4.74 Å². The topological polar surface area (TPSA) is 55.8 Å². The van der Waals surface area contributed by atoms with Crippen LogP contribution in [0.5, 0.6) is 11.5 Å². The highest BCUT2D eigenvalue weighted by Crippen LogP contribution is 2.55. The first-order valence-corrected chi connectivity index (χ1v) is 10.5. The van der Waals surface area contributed by atoms with Crippen LogP contribution in [0.15, 0.2) is 66.7 Å². The highest BCUT2D eigenvalue weighted by atomic mass is 16.5. The number of para-hydroxylation sites is 1. The normalized spacial score (nSPS) is 25.9. The molecular formula is C25H28O4. The van der Waals surface area contributed by atoms with Crippen LogP contribution >= 0.6 is 0 Å². The number of allylic oxidation sites excluding steroid dienone is 1. The number of rotatable bonds is 8. The van der Waals surface area contributed by atoms with Gasteiger partial charge < -0.3 is 14.6 Å². The predicted octanol–water partition coefficient (Wildman–Crippen LogP) is 6.08. The van der Waals surface area contributed by atoms with Gasteiger partial charge in [-0.1, -0.05) is 36.4 Å². The van der Waals surface area contributed by atoms with E-state index in [1.165, 1.54) is 24.5 Å². The zero-order valence-corrected chi connectivity index (χ0v) is 16.7. The maximum absolute atomic E-state index is 10.6. The van der Waals surface area contributed by atoms with Gasteiger partial charge in [-0.3, -0.25) is 0 Å². The summed E-state index contributed by atoms with van der Waals surface area (Å²) in [5, 5.41) is 8.69. The second-order valence-corrected chi connectivity index (χ2v) is 8.36. The SMILES string of the molecule is O=C(O)C=CCCCC12CCC(c3cccc(Oc4ccccc4)c3)(CC1)OC2. The third-order valence-electron chi connectivity index (χ3n) is 6.45. The number of benzene rings is 2. The van der Waals surface area contributed by atoms with Gasteiger partial charge in [0.25, 0.3) is 0 Å². The average molecular weight is 392 g/mol. The van der Waals surface area contributed by atoms with Crippen molar-refractivity contribution >= 4 is 5.97 Å². The Morgan fingerprint density at radius 2 is 1.79 bits per heavy atom. The van der Waals surface area contributed by atoms with Crippen molar-refractivity contribution in [1.29, 1.82) is 0 Å². The molecule has 0 atom stereocenters. The Kier molecular flexibility index (Phi) is 5.72. The smallest absolute Gasteiger partial charge is 0.327 e. The van der Waals surface area contributed by atoms with Gasteiger partial charge in [-0.05, 0) is 80.2 Å². The largest absolute Gasteiger partial charge is 0.478 e. The fourth-order valence-corrected chi connectivity index (χ4v) is 4.70. The number of hydrogen-bond donors (Lipinski definition) is 1. The Hall–Kier alpha value is -2.59. The molecule has 0 amide bonds. The Bertz CT molecular complexity index is 847. The molecule has 2 bridgehead atoms. The van der Waals surface area contributed by atoms with Crippen LogP contribution in [0.3, 0.4) is 0 Å². The molecule has 4 heteroatoms. The highest BCUT2D eigenvalue weighted by Gasteiger charge is 2.50. The molecule has 3 aliphatic rings. The Labute approximate surface area is 172 Å². The number of fused-ring (bicyclic) bond motifs is 3. The van der Waals surface area contributed by atoms with Crippen LogP contribution in [0, 0.1) is 5.41 Å². The number of hydrogen-bond acceptors (Lipinski definition) is 3. The van der Waals surface area contributed by atoms with Gasteiger partial charge >= 0.3 is 5.97 Å². The van der Waals surface area contributed by atoms with E-state index in [1.807, 2.05) is 36.4 Å². The molecule has 3 fully saturated rings. The van der Waals surface area contributed by atoms with E-state index < -0.39 is 5.97 Å². The van der Waals surface area contributed by atoms with E-state index in [1.54, 1.807) is 6.08 Å². The number of carboxylic acid groups (broad SMARTS) is 1.